The lowest BCUT2D eigenvalue weighted by molar-refractivity contribution is -0.107. The molecule has 4 unspecified atom stereocenters. The zero-order chi connectivity index (χ0) is 12.3. The van der Waals surface area contributed by atoms with E-state index in [0.717, 1.165) is 44.6 Å². The third-order valence-corrected chi connectivity index (χ3v) is 4.66. The van der Waals surface area contributed by atoms with E-state index >= 15 is 0 Å². The third kappa shape index (κ3) is 3.01. The van der Waals surface area contributed by atoms with Crippen molar-refractivity contribution in [2.75, 3.05) is 26.4 Å². The van der Waals surface area contributed by atoms with Crippen molar-refractivity contribution in [3.8, 4) is 0 Å². The molecule has 0 aromatic heterocycles. The number of nitrogens with one attached hydrogen (secondary N) is 1. The maximum absolute atomic E-state index is 6.00. The van der Waals surface area contributed by atoms with Crippen molar-refractivity contribution in [1.82, 2.24) is 5.32 Å². The number of rotatable bonds is 4. The first-order chi connectivity index (χ1) is 8.17. The van der Waals surface area contributed by atoms with Crippen molar-refractivity contribution in [3.63, 3.8) is 0 Å². The summed E-state index contributed by atoms with van der Waals surface area (Å²) in [4.78, 5) is 0. The van der Waals surface area contributed by atoms with Gasteiger partial charge in [0.15, 0.2) is 0 Å². The van der Waals surface area contributed by atoms with Gasteiger partial charge in [-0.25, -0.2) is 0 Å². The molecule has 0 aliphatic carbocycles. The molecule has 2 rings (SSSR count). The molecule has 2 fully saturated rings. The van der Waals surface area contributed by atoms with Crippen LogP contribution < -0.4 is 5.32 Å². The van der Waals surface area contributed by atoms with Gasteiger partial charge in [0.1, 0.15) is 0 Å². The maximum atomic E-state index is 6.00. The summed E-state index contributed by atoms with van der Waals surface area (Å²) in [5.74, 6) is 1.50. The van der Waals surface area contributed by atoms with E-state index in [1.165, 1.54) is 12.8 Å². The van der Waals surface area contributed by atoms with Gasteiger partial charge in [-0.1, -0.05) is 13.8 Å². The van der Waals surface area contributed by atoms with Gasteiger partial charge >= 0.3 is 0 Å². The zero-order valence-corrected chi connectivity index (χ0v) is 11.5. The van der Waals surface area contributed by atoms with Crippen molar-refractivity contribution in [1.29, 1.82) is 0 Å². The molecule has 2 aliphatic rings. The molecular formula is C14H27NO2. The first-order valence-electron chi connectivity index (χ1n) is 7.12. The smallest absolute Gasteiger partial charge is 0.0939 e. The Bertz CT molecular complexity index is 238. The molecule has 0 aromatic carbocycles. The van der Waals surface area contributed by atoms with E-state index in [-0.39, 0.29) is 5.60 Å². The number of hydrogen-bond donors (Lipinski definition) is 1. The van der Waals surface area contributed by atoms with E-state index in [4.69, 9.17) is 9.47 Å². The Morgan fingerprint density at radius 3 is 2.82 bits per heavy atom. The van der Waals surface area contributed by atoms with Crippen LogP contribution in [0.2, 0.25) is 0 Å². The molecule has 1 spiro atoms. The largest absolute Gasteiger partial charge is 0.378 e. The van der Waals surface area contributed by atoms with Crippen molar-refractivity contribution < 1.29 is 9.47 Å². The number of ether oxygens (including phenoxy) is 2. The van der Waals surface area contributed by atoms with Crippen LogP contribution in [0, 0.1) is 11.8 Å². The van der Waals surface area contributed by atoms with Crippen molar-refractivity contribution in [2.45, 2.75) is 51.7 Å². The second-order valence-electron chi connectivity index (χ2n) is 5.79. The van der Waals surface area contributed by atoms with Crippen LogP contribution in [0.15, 0.2) is 0 Å². The maximum Gasteiger partial charge on any atom is 0.0939 e. The first kappa shape index (κ1) is 13.3. The van der Waals surface area contributed by atoms with Crippen LogP contribution in [0.3, 0.4) is 0 Å². The van der Waals surface area contributed by atoms with Crippen LogP contribution >= 0.6 is 0 Å². The molecule has 3 heteroatoms. The zero-order valence-electron chi connectivity index (χ0n) is 11.5. The lowest BCUT2D eigenvalue weighted by atomic mass is 9.76. The van der Waals surface area contributed by atoms with Gasteiger partial charge in [-0.2, -0.15) is 0 Å². The molecule has 17 heavy (non-hydrogen) atoms. The normalized spacial score (nSPS) is 37.2. The van der Waals surface area contributed by atoms with Crippen LogP contribution in [-0.2, 0) is 9.47 Å². The Labute approximate surface area is 105 Å². The minimum atomic E-state index is 0.0586. The molecular weight excluding hydrogens is 214 g/mol. The molecule has 100 valence electrons. The highest BCUT2D eigenvalue weighted by molar-refractivity contribution is 4.92. The minimum Gasteiger partial charge on any atom is -0.378 e. The van der Waals surface area contributed by atoms with E-state index < -0.39 is 0 Å². The summed E-state index contributed by atoms with van der Waals surface area (Å²) in [7, 11) is 0. The third-order valence-electron chi connectivity index (χ3n) is 4.66. The van der Waals surface area contributed by atoms with Gasteiger partial charge in [0.25, 0.3) is 0 Å². The molecule has 0 saturated carbocycles. The molecule has 2 heterocycles. The molecule has 1 N–H and O–H groups in total. The summed E-state index contributed by atoms with van der Waals surface area (Å²) in [5, 5.41) is 3.55. The summed E-state index contributed by atoms with van der Waals surface area (Å²) in [5.41, 5.74) is 0.0586. The molecule has 0 aromatic rings. The van der Waals surface area contributed by atoms with Crippen molar-refractivity contribution >= 4 is 0 Å². The number of hydrogen-bond acceptors (Lipinski definition) is 3. The van der Waals surface area contributed by atoms with Crippen molar-refractivity contribution in [3.05, 3.63) is 0 Å². The predicted octanol–water partition coefficient (Wildman–Crippen LogP) is 2.21. The van der Waals surface area contributed by atoms with Crippen molar-refractivity contribution in [2.24, 2.45) is 11.8 Å². The Morgan fingerprint density at radius 1 is 1.35 bits per heavy atom. The summed E-state index contributed by atoms with van der Waals surface area (Å²) in [6.07, 6.45) is 3.48. The van der Waals surface area contributed by atoms with E-state index in [1.807, 2.05) is 0 Å². The summed E-state index contributed by atoms with van der Waals surface area (Å²) >= 11 is 0. The fourth-order valence-corrected chi connectivity index (χ4v) is 3.29. The van der Waals surface area contributed by atoms with E-state index in [2.05, 4.69) is 26.1 Å². The molecule has 2 aliphatic heterocycles. The van der Waals surface area contributed by atoms with Gasteiger partial charge in [-0.3, -0.25) is 0 Å². The van der Waals surface area contributed by atoms with Gasteiger partial charge in [-0.05, 0) is 38.1 Å². The highest BCUT2D eigenvalue weighted by Crippen LogP contribution is 2.39. The lowest BCUT2D eigenvalue weighted by Crippen LogP contribution is -2.45. The monoisotopic (exact) mass is 241 g/mol. The lowest BCUT2D eigenvalue weighted by Gasteiger charge is -2.41. The Balaban J connectivity index is 1.92. The predicted molar refractivity (Wildman–Crippen MR) is 69.1 cm³/mol. The topological polar surface area (TPSA) is 30.5 Å². The summed E-state index contributed by atoms with van der Waals surface area (Å²) in [6.45, 7) is 10.5. The fourth-order valence-electron chi connectivity index (χ4n) is 3.29. The fraction of sp³-hybridized carbons (Fsp3) is 1.00. The van der Waals surface area contributed by atoms with E-state index in [9.17, 15) is 0 Å². The Hall–Kier alpha value is -0.120. The molecule has 2 saturated heterocycles. The van der Waals surface area contributed by atoms with Crippen LogP contribution in [0.4, 0.5) is 0 Å². The summed E-state index contributed by atoms with van der Waals surface area (Å²) in [6, 6.07) is 0.600. The average Bonchev–Trinajstić information content (AvgIpc) is 2.76. The second kappa shape index (κ2) is 5.68. The van der Waals surface area contributed by atoms with E-state index in [0.29, 0.717) is 6.04 Å². The van der Waals surface area contributed by atoms with Crippen LogP contribution in [0.25, 0.3) is 0 Å². The van der Waals surface area contributed by atoms with Gasteiger partial charge in [0.2, 0.25) is 0 Å². The van der Waals surface area contributed by atoms with Gasteiger partial charge in [0.05, 0.1) is 12.2 Å². The van der Waals surface area contributed by atoms with Crippen LogP contribution in [0.5, 0.6) is 0 Å². The Kier molecular flexibility index (Phi) is 4.45. The van der Waals surface area contributed by atoms with Crippen LogP contribution in [-0.4, -0.2) is 38.0 Å². The minimum absolute atomic E-state index is 0.0586. The van der Waals surface area contributed by atoms with Gasteiger partial charge in [0, 0.05) is 25.7 Å². The van der Waals surface area contributed by atoms with Gasteiger partial charge in [-0.15, -0.1) is 0 Å². The highest BCUT2D eigenvalue weighted by Gasteiger charge is 2.42. The quantitative estimate of drug-likeness (QED) is 0.818. The molecule has 0 bridgehead atoms. The summed E-state index contributed by atoms with van der Waals surface area (Å²) < 4.78 is 11.5. The molecule has 4 atom stereocenters. The Morgan fingerprint density at radius 2 is 2.18 bits per heavy atom. The SMILES string of the molecule is CCNC(C)C(C)C1CCOC2(CCOC2)C1. The second-order valence-corrected chi connectivity index (χ2v) is 5.79. The molecule has 3 nitrogen and oxygen atoms in total. The average molecular weight is 241 g/mol. The highest BCUT2D eigenvalue weighted by atomic mass is 16.6. The first-order valence-corrected chi connectivity index (χ1v) is 7.12. The van der Waals surface area contributed by atoms with Crippen LogP contribution in [0.1, 0.15) is 40.0 Å². The molecule has 0 radical (unpaired) electrons. The van der Waals surface area contributed by atoms with E-state index in [1.54, 1.807) is 0 Å². The van der Waals surface area contributed by atoms with Gasteiger partial charge < -0.3 is 14.8 Å². The standard InChI is InChI=1S/C14H27NO2/c1-4-15-12(3)11(2)13-5-7-17-14(9-13)6-8-16-10-14/h11-13,15H,4-10H2,1-3H3. The molecule has 0 amide bonds.